The molecule has 0 aliphatic carbocycles. The average molecular weight is 326 g/mol. The van der Waals surface area contributed by atoms with Crippen molar-refractivity contribution in [2.75, 3.05) is 37.4 Å². The molecule has 0 atom stereocenters. The Morgan fingerprint density at radius 2 is 2.14 bits per heavy atom. The van der Waals surface area contributed by atoms with E-state index in [2.05, 4.69) is 46.5 Å². The normalized spacial score (nSPS) is 11.2. The quantitative estimate of drug-likeness (QED) is 0.722. The topological polar surface area (TPSA) is 72.0 Å². The Bertz CT molecular complexity index is 543. The maximum Gasteiger partial charge on any atom is 0.243 e. The van der Waals surface area contributed by atoms with Crippen LogP contribution in [-0.4, -0.2) is 46.1 Å². The first-order valence-electron chi connectivity index (χ1n) is 6.75. The maximum atomic E-state index is 5.63. The SMILES string of the molecule is CN(C)Cc1ccc(CSCCNc2nc(N)n(C)n2)s1. The molecular weight excluding hydrogens is 304 g/mol. The molecule has 8 heteroatoms. The fourth-order valence-electron chi connectivity index (χ4n) is 1.78. The van der Waals surface area contributed by atoms with E-state index in [9.17, 15) is 0 Å². The fourth-order valence-corrected chi connectivity index (χ4v) is 3.88. The summed E-state index contributed by atoms with van der Waals surface area (Å²) in [7, 11) is 5.97. The van der Waals surface area contributed by atoms with Crippen molar-refractivity contribution in [2.45, 2.75) is 12.3 Å². The van der Waals surface area contributed by atoms with E-state index in [4.69, 9.17) is 5.73 Å². The van der Waals surface area contributed by atoms with Crippen LogP contribution >= 0.6 is 23.1 Å². The Labute approximate surface area is 133 Å². The van der Waals surface area contributed by atoms with Crippen LogP contribution < -0.4 is 11.1 Å². The van der Waals surface area contributed by atoms with Crippen LogP contribution in [0.2, 0.25) is 0 Å². The van der Waals surface area contributed by atoms with Crippen molar-refractivity contribution in [2.24, 2.45) is 7.05 Å². The summed E-state index contributed by atoms with van der Waals surface area (Å²) in [5.41, 5.74) is 5.63. The minimum atomic E-state index is 0.428. The highest BCUT2D eigenvalue weighted by Crippen LogP contribution is 2.22. The van der Waals surface area contributed by atoms with Crippen molar-refractivity contribution in [3.8, 4) is 0 Å². The lowest BCUT2D eigenvalue weighted by atomic mass is 10.4. The predicted octanol–water partition coefficient (Wildman–Crippen LogP) is 1.87. The fraction of sp³-hybridized carbons (Fsp3) is 0.538. The number of aromatic nitrogens is 3. The minimum absolute atomic E-state index is 0.428. The molecule has 0 saturated carbocycles. The highest BCUT2D eigenvalue weighted by Gasteiger charge is 2.03. The smallest absolute Gasteiger partial charge is 0.243 e. The lowest BCUT2D eigenvalue weighted by Gasteiger charge is -2.06. The lowest BCUT2D eigenvalue weighted by Crippen LogP contribution is -2.09. The van der Waals surface area contributed by atoms with Gasteiger partial charge in [-0.3, -0.25) is 0 Å². The molecule has 2 aromatic rings. The van der Waals surface area contributed by atoms with Crippen LogP contribution in [-0.2, 0) is 19.3 Å². The molecule has 2 aromatic heterocycles. The first-order valence-corrected chi connectivity index (χ1v) is 8.72. The van der Waals surface area contributed by atoms with E-state index in [1.807, 2.05) is 23.1 Å². The molecule has 0 fully saturated rings. The molecule has 0 bridgehead atoms. The molecule has 0 unspecified atom stereocenters. The minimum Gasteiger partial charge on any atom is -0.368 e. The van der Waals surface area contributed by atoms with Crippen molar-refractivity contribution in [3.63, 3.8) is 0 Å². The summed E-state index contributed by atoms with van der Waals surface area (Å²) >= 11 is 3.80. The summed E-state index contributed by atoms with van der Waals surface area (Å²) < 4.78 is 1.56. The second-order valence-electron chi connectivity index (χ2n) is 5.00. The zero-order valence-corrected chi connectivity index (χ0v) is 14.3. The highest BCUT2D eigenvalue weighted by molar-refractivity contribution is 7.98. The lowest BCUT2D eigenvalue weighted by molar-refractivity contribution is 0.406. The van der Waals surface area contributed by atoms with Crippen LogP contribution in [0.1, 0.15) is 9.75 Å². The summed E-state index contributed by atoms with van der Waals surface area (Å²) in [5.74, 6) is 3.09. The Kier molecular flexibility index (Phi) is 5.89. The van der Waals surface area contributed by atoms with Gasteiger partial charge in [-0.1, -0.05) is 0 Å². The second kappa shape index (κ2) is 7.67. The monoisotopic (exact) mass is 326 g/mol. The molecular formula is C13H22N6S2. The number of hydrogen-bond acceptors (Lipinski definition) is 7. The van der Waals surface area contributed by atoms with Gasteiger partial charge in [0.05, 0.1) is 0 Å². The van der Waals surface area contributed by atoms with E-state index in [-0.39, 0.29) is 0 Å². The average Bonchev–Trinajstić information content (AvgIpc) is 2.96. The van der Waals surface area contributed by atoms with Gasteiger partial charge in [0, 0.05) is 41.4 Å². The van der Waals surface area contributed by atoms with Crippen molar-refractivity contribution in [1.29, 1.82) is 0 Å². The molecule has 0 aliphatic heterocycles. The van der Waals surface area contributed by atoms with Crippen LogP contribution in [0.4, 0.5) is 11.9 Å². The molecule has 0 amide bonds. The van der Waals surface area contributed by atoms with Gasteiger partial charge in [-0.2, -0.15) is 16.7 Å². The molecule has 2 rings (SSSR count). The van der Waals surface area contributed by atoms with E-state index in [0.29, 0.717) is 11.9 Å². The summed E-state index contributed by atoms with van der Waals surface area (Å²) in [4.78, 5) is 9.14. The Hall–Kier alpha value is -1.25. The van der Waals surface area contributed by atoms with Crippen molar-refractivity contribution in [3.05, 3.63) is 21.9 Å². The number of hydrogen-bond donors (Lipinski definition) is 2. The standard InChI is InChI=1S/C13H22N6S2/c1-18(2)8-10-4-5-11(21-10)9-20-7-6-15-13-16-12(14)19(3)17-13/h4-5H,6-9H2,1-3H3,(H3,14,15,16,17). The van der Waals surface area contributed by atoms with E-state index in [0.717, 1.165) is 24.6 Å². The number of thiophene rings is 1. The number of nitrogens with zero attached hydrogens (tertiary/aromatic N) is 4. The largest absolute Gasteiger partial charge is 0.368 e. The highest BCUT2D eigenvalue weighted by atomic mass is 32.2. The summed E-state index contributed by atoms with van der Waals surface area (Å²) in [6.45, 7) is 1.85. The van der Waals surface area contributed by atoms with Gasteiger partial charge in [0.1, 0.15) is 0 Å². The molecule has 0 radical (unpaired) electrons. The van der Waals surface area contributed by atoms with Crippen LogP contribution in [0, 0.1) is 0 Å². The van der Waals surface area contributed by atoms with Gasteiger partial charge in [0.2, 0.25) is 11.9 Å². The van der Waals surface area contributed by atoms with Gasteiger partial charge in [-0.15, -0.1) is 16.4 Å². The molecule has 2 heterocycles. The number of anilines is 2. The Balaban J connectivity index is 1.64. The second-order valence-corrected chi connectivity index (χ2v) is 7.36. The maximum absolute atomic E-state index is 5.63. The Morgan fingerprint density at radius 3 is 2.81 bits per heavy atom. The van der Waals surface area contributed by atoms with E-state index >= 15 is 0 Å². The number of nitrogen functional groups attached to an aromatic ring is 1. The van der Waals surface area contributed by atoms with Crippen LogP contribution in [0.25, 0.3) is 0 Å². The third kappa shape index (κ3) is 5.22. The molecule has 0 saturated heterocycles. The third-order valence-corrected chi connectivity index (χ3v) is 5.02. The molecule has 116 valence electrons. The van der Waals surface area contributed by atoms with Crippen molar-refractivity contribution < 1.29 is 0 Å². The van der Waals surface area contributed by atoms with Gasteiger partial charge in [-0.05, 0) is 26.2 Å². The van der Waals surface area contributed by atoms with Crippen molar-refractivity contribution in [1.82, 2.24) is 19.7 Å². The number of nitrogens with one attached hydrogen (secondary N) is 1. The van der Waals surface area contributed by atoms with Gasteiger partial charge in [0.15, 0.2) is 0 Å². The first-order chi connectivity index (χ1) is 10.0. The summed E-state index contributed by atoms with van der Waals surface area (Å²) in [6.07, 6.45) is 0. The summed E-state index contributed by atoms with van der Waals surface area (Å²) in [5, 5.41) is 7.33. The van der Waals surface area contributed by atoms with Gasteiger partial charge >= 0.3 is 0 Å². The molecule has 21 heavy (non-hydrogen) atoms. The van der Waals surface area contributed by atoms with Crippen LogP contribution in [0.5, 0.6) is 0 Å². The zero-order chi connectivity index (χ0) is 15.2. The van der Waals surface area contributed by atoms with E-state index < -0.39 is 0 Å². The molecule has 0 aromatic carbocycles. The van der Waals surface area contributed by atoms with E-state index in [1.165, 1.54) is 9.75 Å². The molecule has 0 aliphatic rings. The van der Waals surface area contributed by atoms with Gasteiger partial charge in [0.25, 0.3) is 0 Å². The van der Waals surface area contributed by atoms with Gasteiger partial charge < -0.3 is 16.0 Å². The Morgan fingerprint density at radius 1 is 1.38 bits per heavy atom. The summed E-state index contributed by atoms with van der Waals surface area (Å²) in [6, 6.07) is 4.45. The number of thioether (sulfide) groups is 1. The molecule has 3 N–H and O–H groups in total. The third-order valence-electron chi connectivity index (χ3n) is 2.76. The van der Waals surface area contributed by atoms with E-state index in [1.54, 1.807) is 11.7 Å². The molecule has 0 spiro atoms. The van der Waals surface area contributed by atoms with Crippen LogP contribution in [0.15, 0.2) is 12.1 Å². The van der Waals surface area contributed by atoms with Crippen molar-refractivity contribution >= 4 is 35.0 Å². The zero-order valence-electron chi connectivity index (χ0n) is 12.7. The first kappa shape index (κ1) is 16.1. The number of nitrogens with two attached hydrogens (primary N) is 1. The predicted molar refractivity (Wildman–Crippen MR) is 91.8 cm³/mol. The number of rotatable bonds is 8. The number of aryl methyl sites for hydroxylation is 1. The van der Waals surface area contributed by atoms with Crippen LogP contribution in [0.3, 0.4) is 0 Å². The molecule has 6 nitrogen and oxygen atoms in total. The van der Waals surface area contributed by atoms with Gasteiger partial charge in [-0.25, -0.2) is 4.68 Å².